The zero-order valence-electron chi connectivity index (χ0n) is 18.4. The summed E-state index contributed by atoms with van der Waals surface area (Å²) in [4.78, 5) is 26.1. The van der Waals surface area contributed by atoms with Crippen molar-refractivity contribution in [3.8, 4) is 5.75 Å². The average molecular weight is 424 g/mol. The second-order valence-corrected chi connectivity index (χ2v) is 8.35. The van der Waals surface area contributed by atoms with Gasteiger partial charge in [0.05, 0.1) is 26.3 Å². The molecule has 1 N–H and O–H groups in total. The van der Waals surface area contributed by atoms with Gasteiger partial charge in [0.2, 0.25) is 0 Å². The van der Waals surface area contributed by atoms with Gasteiger partial charge < -0.3 is 24.1 Å². The van der Waals surface area contributed by atoms with Gasteiger partial charge in [-0.3, -0.25) is 4.90 Å². The summed E-state index contributed by atoms with van der Waals surface area (Å²) >= 11 is 0. The predicted octanol–water partition coefficient (Wildman–Crippen LogP) is 3.54. The molecule has 0 saturated carbocycles. The van der Waals surface area contributed by atoms with Crippen molar-refractivity contribution in [2.24, 2.45) is 0 Å². The topological polar surface area (TPSA) is 94.5 Å². The Hall–Kier alpha value is -2.48. The summed E-state index contributed by atoms with van der Waals surface area (Å²) < 4.78 is 21.0. The van der Waals surface area contributed by atoms with Crippen LogP contribution in [-0.4, -0.2) is 66.4 Å². The Bertz CT molecular complexity index is 698. The third-order valence-electron chi connectivity index (χ3n) is 4.75. The first-order chi connectivity index (χ1) is 14.1. The Kier molecular flexibility index (Phi) is 8.34. The standard InChI is InChI=1S/C22H33NO7/c1-6-7-12-28-20(25)23-14-18(29-21(26)30-22(2,3)4)19(24)17(23)13-15-8-10-16(27-5)11-9-15/h8-11,17-19,24H,6-7,12-14H2,1-5H3/t17-,18+,19+/m1/s1. The molecule has 3 atom stereocenters. The number of ether oxygens (including phenoxy) is 4. The molecule has 1 saturated heterocycles. The van der Waals surface area contributed by atoms with Gasteiger partial charge in [0.15, 0.2) is 6.10 Å². The van der Waals surface area contributed by atoms with Crippen molar-refractivity contribution in [2.75, 3.05) is 20.3 Å². The van der Waals surface area contributed by atoms with Crippen LogP contribution in [0.25, 0.3) is 0 Å². The van der Waals surface area contributed by atoms with Crippen LogP contribution >= 0.6 is 0 Å². The van der Waals surface area contributed by atoms with E-state index in [-0.39, 0.29) is 6.54 Å². The summed E-state index contributed by atoms with van der Waals surface area (Å²) in [5.41, 5.74) is 0.186. The van der Waals surface area contributed by atoms with Crippen LogP contribution in [0.15, 0.2) is 24.3 Å². The number of hydrogen-bond donors (Lipinski definition) is 1. The van der Waals surface area contributed by atoms with E-state index in [2.05, 4.69) is 0 Å². The Balaban J connectivity index is 2.13. The lowest BCUT2D eigenvalue weighted by atomic mass is 10.0. The van der Waals surface area contributed by atoms with Gasteiger partial charge in [-0.15, -0.1) is 0 Å². The lowest BCUT2D eigenvalue weighted by Gasteiger charge is -2.25. The number of likely N-dealkylation sites (tertiary alicyclic amines) is 1. The molecule has 0 unspecified atom stereocenters. The normalized spacial score (nSPS) is 21.3. The van der Waals surface area contributed by atoms with Crippen LogP contribution in [0.2, 0.25) is 0 Å². The minimum Gasteiger partial charge on any atom is -0.497 e. The SMILES string of the molecule is CCCCOC(=O)N1C[C@H](OC(=O)OC(C)(C)C)[C@@H](O)[C@H]1Cc1ccc(OC)cc1. The minimum absolute atomic E-state index is 0.0339. The molecule has 0 aliphatic carbocycles. The van der Waals surface area contributed by atoms with Crippen molar-refractivity contribution in [3.05, 3.63) is 29.8 Å². The summed E-state index contributed by atoms with van der Waals surface area (Å²) in [7, 11) is 1.59. The van der Waals surface area contributed by atoms with Gasteiger partial charge in [-0.05, 0) is 51.3 Å². The number of aliphatic hydroxyl groups is 1. The van der Waals surface area contributed by atoms with E-state index in [1.807, 2.05) is 31.2 Å². The predicted molar refractivity (Wildman–Crippen MR) is 111 cm³/mol. The van der Waals surface area contributed by atoms with E-state index in [1.54, 1.807) is 27.9 Å². The molecule has 8 heteroatoms. The first-order valence-corrected chi connectivity index (χ1v) is 10.3. The largest absolute Gasteiger partial charge is 0.509 e. The molecule has 1 heterocycles. The molecule has 0 spiro atoms. The number of amides is 1. The summed E-state index contributed by atoms with van der Waals surface area (Å²) in [6, 6.07) is 6.77. The van der Waals surface area contributed by atoms with Crippen LogP contribution < -0.4 is 4.74 Å². The zero-order chi connectivity index (χ0) is 22.3. The molecule has 0 aromatic heterocycles. The van der Waals surface area contributed by atoms with Crippen molar-refractivity contribution >= 4 is 12.2 Å². The smallest absolute Gasteiger partial charge is 0.497 e. The van der Waals surface area contributed by atoms with E-state index in [4.69, 9.17) is 18.9 Å². The second kappa shape index (κ2) is 10.5. The quantitative estimate of drug-likeness (QED) is 0.529. The maximum absolute atomic E-state index is 12.6. The van der Waals surface area contributed by atoms with E-state index in [1.165, 1.54) is 4.90 Å². The van der Waals surface area contributed by atoms with Crippen molar-refractivity contribution < 1.29 is 33.6 Å². The summed E-state index contributed by atoms with van der Waals surface area (Å²) in [6.45, 7) is 7.52. The monoisotopic (exact) mass is 423 g/mol. The number of aliphatic hydroxyl groups excluding tert-OH is 1. The minimum atomic E-state index is -1.07. The number of nitrogens with zero attached hydrogens (tertiary/aromatic N) is 1. The van der Waals surface area contributed by atoms with Crippen molar-refractivity contribution in [1.82, 2.24) is 4.90 Å². The summed E-state index contributed by atoms with van der Waals surface area (Å²) in [5, 5.41) is 10.8. The van der Waals surface area contributed by atoms with Crippen molar-refractivity contribution in [2.45, 2.75) is 70.8 Å². The lowest BCUT2D eigenvalue weighted by Crippen LogP contribution is -2.42. The molecular formula is C22H33NO7. The Morgan fingerprint density at radius 1 is 1.20 bits per heavy atom. The van der Waals surface area contributed by atoms with Crippen molar-refractivity contribution in [3.63, 3.8) is 0 Å². The van der Waals surface area contributed by atoms with Crippen LogP contribution in [0, 0.1) is 0 Å². The van der Waals surface area contributed by atoms with E-state index < -0.39 is 36.1 Å². The Labute approximate surface area is 178 Å². The van der Waals surface area contributed by atoms with Gasteiger partial charge in [0, 0.05) is 0 Å². The molecule has 30 heavy (non-hydrogen) atoms. The fourth-order valence-electron chi connectivity index (χ4n) is 3.20. The molecule has 1 aromatic carbocycles. The molecule has 1 fully saturated rings. The van der Waals surface area contributed by atoms with Gasteiger partial charge in [-0.2, -0.15) is 0 Å². The molecule has 1 aromatic rings. The first kappa shape index (κ1) is 23.8. The fourth-order valence-corrected chi connectivity index (χ4v) is 3.20. The number of hydrogen-bond acceptors (Lipinski definition) is 7. The number of carbonyl (C=O) groups excluding carboxylic acids is 2. The van der Waals surface area contributed by atoms with Crippen LogP contribution in [0.3, 0.4) is 0 Å². The molecule has 1 amide bonds. The molecule has 2 rings (SSSR count). The average Bonchev–Trinajstić information content (AvgIpc) is 2.97. The maximum atomic E-state index is 12.6. The molecule has 1 aliphatic rings. The third-order valence-corrected chi connectivity index (χ3v) is 4.75. The highest BCUT2D eigenvalue weighted by Crippen LogP contribution is 2.27. The zero-order valence-corrected chi connectivity index (χ0v) is 18.4. The molecule has 0 radical (unpaired) electrons. The van der Waals surface area contributed by atoms with E-state index in [0.717, 1.165) is 18.4 Å². The number of carbonyl (C=O) groups is 2. The highest BCUT2D eigenvalue weighted by Gasteiger charge is 2.46. The molecule has 1 aliphatic heterocycles. The Morgan fingerprint density at radius 2 is 1.87 bits per heavy atom. The van der Waals surface area contributed by atoms with E-state index in [0.29, 0.717) is 18.8 Å². The highest BCUT2D eigenvalue weighted by atomic mass is 16.7. The Morgan fingerprint density at radius 3 is 2.43 bits per heavy atom. The summed E-state index contributed by atoms with van der Waals surface area (Å²) in [6.07, 6.45) is -1.35. The van der Waals surface area contributed by atoms with Gasteiger partial charge in [-0.1, -0.05) is 25.5 Å². The van der Waals surface area contributed by atoms with E-state index >= 15 is 0 Å². The van der Waals surface area contributed by atoms with Crippen molar-refractivity contribution in [1.29, 1.82) is 0 Å². The van der Waals surface area contributed by atoms with Gasteiger partial charge in [-0.25, -0.2) is 9.59 Å². The molecule has 168 valence electrons. The molecule has 8 nitrogen and oxygen atoms in total. The number of methoxy groups -OCH3 is 1. The maximum Gasteiger partial charge on any atom is 0.509 e. The van der Waals surface area contributed by atoms with Crippen LogP contribution in [0.5, 0.6) is 5.75 Å². The lowest BCUT2D eigenvalue weighted by molar-refractivity contribution is -0.0486. The van der Waals surface area contributed by atoms with Gasteiger partial charge in [0.1, 0.15) is 17.5 Å². The first-order valence-electron chi connectivity index (χ1n) is 10.3. The third kappa shape index (κ3) is 6.79. The fraction of sp³-hybridized carbons (Fsp3) is 0.636. The number of rotatable bonds is 7. The highest BCUT2D eigenvalue weighted by molar-refractivity contribution is 5.69. The summed E-state index contributed by atoms with van der Waals surface area (Å²) in [5.74, 6) is 0.715. The second-order valence-electron chi connectivity index (χ2n) is 8.35. The number of benzene rings is 1. The van der Waals surface area contributed by atoms with Gasteiger partial charge in [0.25, 0.3) is 0 Å². The molecule has 0 bridgehead atoms. The van der Waals surface area contributed by atoms with Crippen LogP contribution in [0.4, 0.5) is 9.59 Å². The number of unbranched alkanes of at least 4 members (excludes halogenated alkanes) is 1. The van der Waals surface area contributed by atoms with Crippen LogP contribution in [-0.2, 0) is 20.6 Å². The van der Waals surface area contributed by atoms with E-state index in [9.17, 15) is 14.7 Å². The molecular weight excluding hydrogens is 390 g/mol. The van der Waals surface area contributed by atoms with Crippen LogP contribution in [0.1, 0.15) is 46.1 Å². The van der Waals surface area contributed by atoms with Gasteiger partial charge >= 0.3 is 12.2 Å².